The molecule has 1 N–H and O–H groups in total. The number of aromatic nitrogens is 1. The molecule has 2 aromatic carbocycles. The third-order valence-electron chi connectivity index (χ3n) is 4.06. The molecule has 0 aliphatic heterocycles. The molecule has 28 heavy (non-hydrogen) atoms. The molecule has 0 bridgehead atoms. The van der Waals surface area contributed by atoms with E-state index in [1.54, 1.807) is 12.5 Å². The van der Waals surface area contributed by atoms with E-state index in [-0.39, 0.29) is 5.91 Å². The highest BCUT2D eigenvalue weighted by Gasteiger charge is 2.14. The van der Waals surface area contributed by atoms with Gasteiger partial charge in [0.2, 0.25) is 0 Å². The Labute approximate surface area is 169 Å². The standard InChI is InChI=1S/C22H24N2O3S/c1-15(2)12-23-21(25)18-14-28-22(24-18)17-9-10-19(20(11-17)26-3)27-13-16-7-5-4-6-8-16/h4-11,14-15H,12-13H2,1-3H3,(H,23,25). The van der Waals surface area contributed by atoms with Gasteiger partial charge in [-0.25, -0.2) is 4.98 Å². The molecule has 5 nitrogen and oxygen atoms in total. The van der Waals surface area contributed by atoms with Crippen LogP contribution in [0.15, 0.2) is 53.9 Å². The van der Waals surface area contributed by atoms with Crippen LogP contribution in [-0.4, -0.2) is 24.5 Å². The zero-order valence-corrected chi connectivity index (χ0v) is 17.1. The van der Waals surface area contributed by atoms with E-state index in [0.29, 0.717) is 36.3 Å². The minimum Gasteiger partial charge on any atom is -0.493 e. The van der Waals surface area contributed by atoms with E-state index < -0.39 is 0 Å². The van der Waals surface area contributed by atoms with Gasteiger partial charge in [0.1, 0.15) is 17.3 Å². The van der Waals surface area contributed by atoms with Crippen LogP contribution in [0.5, 0.6) is 11.5 Å². The van der Waals surface area contributed by atoms with Gasteiger partial charge in [0.05, 0.1) is 7.11 Å². The number of hydrogen-bond acceptors (Lipinski definition) is 5. The molecule has 3 aromatic rings. The van der Waals surface area contributed by atoms with Crippen molar-refractivity contribution in [3.63, 3.8) is 0 Å². The fourth-order valence-corrected chi connectivity index (χ4v) is 3.35. The molecule has 1 amide bonds. The number of benzene rings is 2. The van der Waals surface area contributed by atoms with Crippen molar-refractivity contribution in [1.29, 1.82) is 0 Å². The van der Waals surface area contributed by atoms with Gasteiger partial charge >= 0.3 is 0 Å². The number of nitrogens with one attached hydrogen (secondary N) is 1. The fraction of sp³-hybridized carbons (Fsp3) is 0.273. The Morgan fingerprint density at radius 1 is 1.14 bits per heavy atom. The summed E-state index contributed by atoms with van der Waals surface area (Å²) in [5.41, 5.74) is 2.41. The summed E-state index contributed by atoms with van der Waals surface area (Å²) in [5.74, 6) is 1.55. The highest BCUT2D eigenvalue weighted by molar-refractivity contribution is 7.13. The van der Waals surface area contributed by atoms with E-state index >= 15 is 0 Å². The number of carbonyl (C=O) groups is 1. The molecule has 0 saturated carbocycles. The summed E-state index contributed by atoms with van der Waals surface area (Å²) < 4.78 is 11.4. The van der Waals surface area contributed by atoms with Crippen LogP contribution in [0.2, 0.25) is 0 Å². The maximum atomic E-state index is 12.2. The average Bonchev–Trinajstić information content (AvgIpc) is 3.21. The second kappa shape index (κ2) is 9.37. The second-order valence-electron chi connectivity index (χ2n) is 6.78. The number of carbonyl (C=O) groups excluding carboxylic acids is 1. The van der Waals surface area contributed by atoms with E-state index in [9.17, 15) is 4.79 Å². The molecule has 0 saturated heterocycles. The molecule has 0 radical (unpaired) electrons. The van der Waals surface area contributed by atoms with Crippen molar-refractivity contribution >= 4 is 17.2 Å². The summed E-state index contributed by atoms with van der Waals surface area (Å²) >= 11 is 1.43. The molecule has 1 aromatic heterocycles. The molecular weight excluding hydrogens is 372 g/mol. The highest BCUT2D eigenvalue weighted by Crippen LogP contribution is 2.34. The minimum absolute atomic E-state index is 0.147. The van der Waals surface area contributed by atoms with E-state index in [2.05, 4.69) is 24.1 Å². The van der Waals surface area contributed by atoms with Crippen molar-refractivity contribution < 1.29 is 14.3 Å². The van der Waals surface area contributed by atoms with Gasteiger partial charge in [0.25, 0.3) is 5.91 Å². The van der Waals surface area contributed by atoms with Crippen LogP contribution < -0.4 is 14.8 Å². The molecule has 146 valence electrons. The first kappa shape index (κ1) is 19.9. The van der Waals surface area contributed by atoms with Crippen molar-refractivity contribution in [2.75, 3.05) is 13.7 Å². The zero-order valence-electron chi connectivity index (χ0n) is 16.3. The number of hydrogen-bond donors (Lipinski definition) is 1. The summed E-state index contributed by atoms with van der Waals surface area (Å²) in [6, 6.07) is 15.7. The number of nitrogens with zero attached hydrogens (tertiary/aromatic N) is 1. The van der Waals surface area contributed by atoms with Crippen molar-refractivity contribution in [3.8, 4) is 22.1 Å². The molecule has 0 aliphatic rings. The largest absolute Gasteiger partial charge is 0.493 e. The van der Waals surface area contributed by atoms with Gasteiger partial charge in [0.15, 0.2) is 11.5 Å². The number of thiazole rings is 1. The molecule has 0 spiro atoms. The van der Waals surface area contributed by atoms with Crippen LogP contribution in [0, 0.1) is 5.92 Å². The first-order chi connectivity index (χ1) is 13.6. The van der Waals surface area contributed by atoms with E-state index in [4.69, 9.17) is 9.47 Å². The van der Waals surface area contributed by atoms with Crippen LogP contribution in [0.25, 0.3) is 10.6 Å². The maximum absolute atomic E-state index is 12.2. The van der Waals surface area contributed by atoms with Crippen LogP contribution in [0.4, 0.5) is 0 Å². The van der Waals surface area contributed by atoms with Gasteiger partial charge < -0.3 is 14.8 Å². The van der Waals surface area contributed by atoms with Gasteiger partial charge in [-0.15, -0.1) is 11.3 Å². The summed E-state index contributed by atoms with van der Waals surface area (Å²) in [6.07, 6.45) is 0. The summed E-state index contributed by atoms with van der Waals surface area (Å²) in [7, 11) is 1.61. The van der Waals surface area contributed by atoms with Crippen molar-refractivity contribution in [1.82, 2.24) is 10.3 Å². The fourth-order valence-electron chi connectivity index (χ4n) is 2.55. The normalized spacial score (nSPS) is 10.7. The lowest BCUT2D eigenvalue weighted by Gasteiger charge is -2.11. The number of rotatable bonds is 8. The molecular formula is C22H24N2O3S. The Morgan fingerprint density at radius 2 is 1.93 bits per heavy atom. The van der Waals surface area contributed by atoms with Crippen molar-refractivity contribution in [2.45, 2.75) is 20.5 Å². The van der Waals surface area contributed by atoms with E-state index in [0.717, 1.165) is 16.1 Å². The Kier molecular flexibility index (Phi) is 6.66. The van der Waals surface area contributed by atoms with Gasteiger partial charge in [0, 0.05) is 17.5 Å². The average molecular weight is 397 g/mol. The first-order valence-electron chi connectivity index (χ1n) is 9.15. The topological polar surface area (TPSA) is 60.5 Å². The maximum Gasteiger partial charge on any atom is 0.270 e. The summed E-state index contributed by atoms with van der Waals surface area (Å²) in [5, 5.41) is 5.43. The van der Waals surface area contributed by atoms with Crippen LogP contribution >= 0.6 is 11.3 Å². The molecule has 1 heterocycles. The molecule has 0 fully saturated rings. The Morgan fingerprint density at radius 3 is 2.64 bits per heavy atom. The predicted octanol–water partition coefficient (Wildman–Crippen LogP) is 4.78. The Bertz CT molecular complexity index is 923. The van der Waals surface area contributed by atoms with E-state index in [1.807, 2.05) is 48.5 Å². The number of methoxy groups -OCH3 is 1. The molecule has 0 unspecified atom stereocenters. The van der Waals surface area contributed by atoms with Gasteiger partial charge in [-0.3, -0.25) is 4.79 Å². The SMILES string of the molecule is COc1cc(-c2nc(C(=O)NCC(C)C)cs2)ccc1OCc1ccccc1. The number of amides is 1. The van der Waals surface area contributed by atoms with Crippen LogP contribution in [-0.2, 0) is 6.61 Å². The molecule has 0 atom stereocenters. The van der Waals surface area contributed by atoms with Crippen LogP contribution in [0.3, 0.4) is 0 Å². The van der Waals surface area contributed by atoms with E-state index in [1.165, 1.54) is 11.3 Å². The van der Waals surface area contributed by atoms with Crippen molar-refractivity contribution in [3.05, 3.63) is 65.2 Å². The smallest absolute Gasteiger partial charge is 0.270 e. The summed E-state index contributed by atoms with van der Waals surface area (Å²) in [6.45, 7) is 5.21. The van der Waals surface area contributed by atoms with Gasteiger partial charge in [-0.2, -0.15) is 0 Å². The van der Waals surface area contributed by atoms with Crippen LogP contribution in [0.1, 0.15) is 29.9 Å². The Balaban J connectivity index is 1.72. The lowest BCUT2D eigenvalue weighted by Crippen LogP contribution is -2.27. The quantitative estimate of drug-likeness (QED) is 0.595. The molecule has 0 aliphatic carbocycles. The first-order valence-corrected chi connectivity index (χ1v) is 10.0. The van der Waals surface area contributed by atoms with Crippen molar-refractivity contribution in [2.24, 2.45) is 5.92 Å². The Hall–Kier alpha value is -2.86. The van der Waals surface area contributed by atoms with Gasteiger partial charge in [-0.1, -0.05) is 44.2 Å². The highest BCUT2D eigenvalue weighted by atomic mass is 32.1. The summed E-state index contributed by atoms with van der Waals surface area (Å²) in [4.78, 5) is 16.6. The lowest BCUT2D eigenvalue weighted by atomic mass is 10.2. The third kappa shape index (κ3) is 5.10. The number of ether oxygens (including phenoxy) is 2. The zero-order chi connectivity index (χ0) is 19.9. The second-order valence-corrected chi connectivity index (χ2v) is 7.64. The molecule has 6 heteroatoms. The minimum atomic E-state index is -0.147. The van der Waals surface area contributed by atoms with Gasteiger partial charge in [-0.05, 0) is 29.7 Å². The predicted molar refractivity (Wildman–Crippen MR) is 112 cm³/mol. The third-order valence-corrected chi connectivity index (χ3v) is 4.95. The monoisotopic (exact) mass is 396 g/mol. The molecule has 3 rings (SSSR count). The lowest BCUT2D eigenvalue weighted by molar-refractivity contribution is 0.0945.